The van der Waals surface area contributed by atoms with Crippen molar-refractivity contribution in [1.82, 2.24) is 5.16 Å². The molecular weight excluding hydrogens is 232 g/mol. The fourth-order valence-electron chi connectivity index (χ4n) is 1.99. The summed E-state index contributed by atoms with van der Waals surface area (Å²) in [7, 11) is 3.24. The van der Waals surface area contributed by atoms with E-state index in [-0.39, 0.29) is 0 Å². The third kappa shape index (κ3) is 1.99. The van der Waals surface area contributed by atoms with E-state index in [1.165, 1.54) is 0 Å². The molecule has 0 saturated heterocycles. The predicted octanol–water partition coefficient (Wildman–Crippen LogP) is 2.50. The number of nitrogens with zero attached hydrogens (tertiary/aromatic N) is 1. The Morgan fingerprint density at radius 3 is 2.56 bits per heavy atom. The average Bonchev–Trinajstić information content (AvgIpc) is 2.83. The van der Waals surface area contributed by atoms with Gasteiger partial charge in [-0.15, -0.1) is 0 Å². The van der Waals surface area contributed by atoms with Gasteiger partial charge in [-0.05, 0) is 18.6 Å². The van der Waals surface area contributed by atoms with Crippen molar-refractivity contribution < 1.29 is 14.0 Å². The zero-order chi connectivity index (χ0) is 13.1. The Kier molecular flexibility index (Phi) is 3.41. The van der Waals surface area contributed by atoms with E-state index in [1.807, 2.05) is 19.1 Å². The number of methoxy groups -OCH3 is 2. The minimum atomic E-state index is 0.363. The fourth-order valence-corrected chi connectivity index (χ4v) is 1.99. The van der Waals surface area contributed by atoms with E-state index in [2.05, 4.69) is 5.16 Å². The highest BCUT2D eigenvalue weighted by molar-refractivity contribution is 5.70. The second kappa shape index (κ2) is 5.00. The van der Waals surface area contributed by atoms with Crippen LogP contribution in [0.25, 0.3) is 11.3 Å². The molecule has 96 valence electrons. The second-order valence-electron chi connectivity index (χ2n) is 3.80. The molecule has 2 N–H and O–H groups in total. The minimum Gasteiger partial charge on any atom is -0.493 e. The Hall–Kier alpha value is -2.17. The van der Waals surface area contributed by atoms with Gasteiger partial charge in [0.25, 0.3) is 0 Å². The van der Waals surface area contributed by atoms with Crippen LogP contribution in [-0.4, -0.2) is 19.4 Å². The molecule has 0 amide bonds. The van der Waals surface area contributed by atoms with Crippen molar-refractivity contribution in [2.75, 3.05) is 20.0 Å². The molecule has 0 bridgehead atoms. The summed E-state index contributed by atoms with van der Waals surface area (Å²) in [6.45, 7) is 2.04. The molecule has 0 saturated carbocycles. The second-order valence-corrected chi connectivity index (χ2v) is 3.80. The molecule has 0 fully saturated rings. The van der Waals surface area contributed by atoms with E-state index < -0.39 is 0 Å². The molecule has 0 aliphatic heterocycles. The topological polar surface area (TPSA) is 70.5 Å². The van der Waals surface area contributed by atoms with E-state index in [1.54, 1.807) is 20.3 Å². The van der Waals surface area contributed by atoms with E-state index in [0.717, 1.165) is 17.5 Å². The number of ether oxygens (including phenoxy) is 2. The molecule has 1 aromatic heterocycles. The monoisotopic (exact) mass is 248 g/mol. The Labute approximate surface area is 105 Å². The standard InChI is InChI=1S/C13H16N2O3/c1-4-8-9(11-7-12(14)15-18-11)5-6-10(16-2)13(8)17-3/h5-7H,4H2,1-3H3,(H2,14,15). The molecule has 0 unspecified atom stereocenters. The van der Waals surface area contributed by atoms with Gasteiger partial charge in [-0.3, -0.25) is 0 Å². The smallest absolute Gasteiger partial charge is 0.169 e. The average molecular weight is 248 g/mol. The third-order valence-corrected chi connectivity index (χ3v) is 2.80. The summed E-state index contributed by atoms with van der Waals surface area (Å²) in [6.07, 6.45) is 0.788. The summed E-state index contributed by atoms with van der Waals surface area (Å²) in [5, 5.41) is 3.70. The number of aromatic nitrogens is 1. The van der Waals surface area contributed by atoms with Gasteiger partial charge in [-0.1, -0.05) is 12.1 Å². The van der Waals surface area contributed by atoms with Crippen molar-refractivity contribution >= 4 is 5.82 Å². The summed E-state index contributed by atoms with van der Waals surface area (Å²) < 4.78 is 15.9. The molecule has 0 spiro atoms. The van der Waals surface area contributed by atoms with Crippen molar-refractivity contribution in [2.24, 2.45) is 0 Å². The lowest BCUT2D eigenvalue weighted by atomic mass is 10.0. The summed E-state index contributed by atoms with van der Waals surface area (Å²) in [5.41, 5.74) is 7.50. The van der Waals surface area contributed by atoms with E-state index in [4.69, 9.17) is 19.7 Å². The lowest BCUT2D eigenvalue weighted by Gasteiger charge is -2.14. The van der Waals surface area contributed by atoms with Crippen LogP contribution in [0.15, 0.2) is 22.7 Å². The Morgan fingerprint density at radius 2 is 2.06 bits per heavy atom. The molecule has 1 aromatic carbocycles. The van der Waals surface area contributed by atoms with Crippen LogP contribution in [0.2, 0.25) is 0 Å². The normalized spacial score (nSPS) is 10.4. The number of benzene rings is 1. The van der Waals surface area contributed by atoms with Gasteiger partial charge < -0.3 is 19.7 Å². The SMILES string of the molecule is CCc1c(-c2cc(N)no2)ccc(OC)c1OC. The van der Waals surface area contributed by atoms with Gasteiger partial charge in [0.1, 0.15) is 0 Å². The highest BCUT2D eigenvalue weighted by atomic mass is 16.5. The zero-order valence-electron chi connectivity index (χ0n) is 10.7. The summed E-state index contributed by atoms with van der Waals surface area (Å²) in [4.78, 5) is 0. The van der Waals surface area contributed by atoms with Gasteiger partial charge in [-0.2, -0.15) is 0 Å². The number of rotatable bonds is 4. The van der Waals surface area contributed by atoms with Crippen LogP contribution in [-0.2, 0) is 6.42 Å². The molecule has 0 atom stereocenters. The largest absolute Gasteiger partial charge is 0.493 e. The Morgan fingerprint density at radius 1 is 1.28 bits per heavy atom. The Bertz CT molecular complexity index is 549. The van der Waals surface area contributed by atoms with Crippen LogP contribution in [0.3, 0.4) is 0 Å². The maximum absolute atomic E-state index is 5.57. The van der Waals surface area contributed by atoms with Crippen molar-refractivity contribution in [3.8, 4) is 22.8 Å². The molecule has 0 aliphatic carbocycles. The van der Waals surface area contributed by atoms with Crippen molar-refractivity contribution in [2.45, 2.75) is 13.3 Å². The highest BCUT2D eigenvalue weighted by Crippen LogP contribution is 2.38. The summed E-state index contributed by atoms with van der Waals surface area (Å²) in [6, 6.07) is 5.45. The molecule has 0 aliphatic rings. The van der Waals surface area contributed by atoms with Gasteiger partial charge in [0.05, 0.1) is 14.2 Å². The number of hydrogen-bond donors (Lipinski definition) is 1. The lowest BCUT2D eigenvalue weighted by Crippen LogP contribution is -1.97. The van der Waals surface area contributed by atoms with E-state index in [9.17, 15) is 0 Å². The molecule has 1 heterocycles. The first-order chi connectivity index (χ1) is 8.71. The van der Waals surface area contributed by atoms with Crippen LogP contribution in [0.4, 0.5) is 5.82 Å². The fraction of sp³-hybridized carbons (Fsp3) is 0.308. The van der Waals surface area contributed by atoms with Gasteiger partial charge in [0.2, 0.25) is 0 Å². The predicted molar refractivity (Wildman–Crippen MR) is 68.8 cm³/mol. The van der Waals surface area contributed by atoms with Crippen LogP contribution in [0, 0.1) is 0 Å². The summed E-state index contributed by atoms with van der Waals surface area (Å²) in [5.74, 6) is 2.41. The number of nitrogens with two attached hydrogens (primary N) is 1. The van der Waals surface area contributed by atoms with Crippen molar-refractivity contribution in [1.29, 1.82) is 0 Å². The first-order valence-corrected chi connectivity index (χ1v) is 5.67. The zero-order valence-corrected chi connectivity index (χ0v) is 10.7. The molecule has 18 heavy (non-hydrogen) atoms. The van der Waals surface area contributed by atoms with Gasteiger partial charge in [0, 0.05) is 17.2 Å². The van der Waals surface area contributed by atoms with Gasteiger partial charge in [0.15, 0.2) is 23.1 Å². The quantitative estimate of drug-likeness (QED) is 0.900. The molecule has 0 radical (unpaired) electrons. The third-order valence-electron chi connectivity index (χ3n) is 2.80. The molecule has 5 nitrogen and oxygen atoms in total. The van der Waals surface area contributed by atoms with Crippen LogP contribution >= 0.6 is 0 Å². The summed E-state index contributed by atoms with van der Waals surface area (Å²) >= 11 is 0. The first kappa shape index (κ1) is 12.3. The van der Waals surface area contributed by atoms with Gasteiger partial charge in [-0.25, -0.2) is 0 Å². The van der Waals surface area contributed by atoms with Crippen LogP contribution in [0.1, 0.15) is 12.5 Å². The minimum absolute atomic E-state index is 0.363. The first-order valence-electron chi connectivity index (χ1n) is 5.67. The van der Waals surface area contributed by atoms with Crippen molar-refractivity contribution in [3.63, 3.8) is 0 Å². The van der Waals surface area contributed by atoms with Crippen molar-refractivity contribution in [3.05, 3.63) is 23.8 Å². The van der Waals surface area contributed by atoms with Crippen LogP contribution < -0.4 is 15.2 Å². The molecule has 2 rings (SSSR count). The molecule has 2 aromatic rings. The van der Waals surface area contributed by atoms with E-state index in [0.29, 0.717) is 23.1 Å². The Balaban J connectivity index is 2.61. The highest BCUT2D eigenvalue weighted by Gasteiger charge is 2.17. The molecule has 5 heteroatoms. The number of hydrogen-bond acceptors (Lipinski definition) is 5. The van der Waals surface area contributed by atoms with E-state index >= 15 is 0 Å². The maximum Gasteiger partial charge on any atom is 0.169 e. The van der Waals surface area contributed by atoms with Gasteiger partial charge >= 0.3 is 0 Å². The maximum atomic E-state index is 5.57. The number of nitrogen functional groups attached to an aromatic ring is 1. The lowest BCUT2D eigenvalue weighted by molar-refractivity contribution is 0.352. The van der Waals surface area contributed by atoms with Crippen LogP contribution in [0.5, 0.6) is 11.5 Å². The number of anilines is 1. The molecular formula is C13H16N2O3.